The number of likely N-dealkylation sites (tertiary alicyclic amines) is 1. The van der Waals surface area contributed by atoms with Crippen molar-refractivity contribution in [3.05, 3.63) is 129 Å². The summed E-state index contributed by atoms with van der Waals surface area (Å²) < 4.78 is 20.5. The zero-order chi connectivity index (χ0) is 28.9. The first-order valence-electron chi connectivity index (χ1n) is 13.2. The predicted molar refractivity (Wildman–Crippen MR) is 149 cm³/mol. The molecule has 0 spiro atoms. The minimum Gasteiger partial charge on any atom is -0.501 e. The van der Waals surface area contributed by atoms with Gasteiger partial charge in [0.2, 0.25) is 5.75 Å². The van der Waals surface area contributed by atoms with Gasteiger partial charge in [-0.25, -0.2) is 9.37 Å². The molecule has 41 heavy (non-hydrogen) atoms. The third-order valence-electron chi connectivity index (χ3n) is 7.05. The Hall–Kier alpha value is -4.83. The Kier molecular flexibility index (Phi) is 8.21. The second-order valence-electron chi connectivity index (χ2n) is 9.83. The Morgan fingerprint density at radius 3 is 2.34 bits per heavy atom. The van der Waals surface area contributed by atoms with Crippen molar-refractivity contribution in [2.75, 3.05) is 6.54 Å². The second-order valence-corrected chi connectivity index (χ2v) is 9.83. The molecule has 0 unspecified atom stereocenters. The Morgan fingerprint density at radius 2 is 1.66 bits per heavy atom. The maximum absolute atomic E-state index is 13.6. The Bertz CT molecular complexity index is 1590. The van der Waals surface area contributed by atoms with Gasteiger partial charge < -0.3 is 20.1 Å². The highest BCUT2D eigenvalue weighted by atomic mass is 19.1. The highest BCUT2D eigenvalue weighted by molar-refractivity contribution is 5.95. The molecular weight excluding hydrogens is 527 g/mol. The van der Waals surface area contributed by atoms with Crippen molar-refractivity contribution in [1.29, 1.82) is 0 Å². The number of amides is 2. The molecule has 10 heteroatoms. The van der Waals surface area contributed by atoms with Crippen molar-refractivity contribution < 1.29 is 23.8 Å². The number of aromatic nitrogens is 2. The number of hydrogen-bond donors (Lipinski definition) is 2. The monoisotopic (exact) mass is 556 g/mol. The summed E-state index contributed by atoms with van der Waals surface area (Å²) in [5.41, 5.74) is 0.792. The lowest BCUT2D eigenvalue weighted by atomic mass is 10.1. The number of ether oxygens (including phenoxy) is 1. The number of benzene rings is 3. The summed E-state index contributed by atoms with van der Waals surface area (Å²) in [4.78, 5) is 45.7. The maximum atomic E-state index is 13.6. The number of rotatable bonds is 8. The van der Waals surface area contributed by atoms with E-state index in [-0.39, 0.29) is 30.9 Å². The molecule has 1 aromatic heterocycles. The van der Waals surface area contributed by atoms with Gasteiger partial charge in [-0.05, 0) is 35.4 Å². The topological polar surface area (TPSA) is 114 Å². The first kappa shape index (κ1) is 27.7. The third kappa shape index (κ3) is 6.17. The van der Waals surface area contributed by atoms with Gasteiger partial charge in [-0.1, -0.05) is 60.7 Å². The van der Waals surface area contributed by atoms with Crippen LogP contribution >= 0.6 is 0 Å². The van der Waals surface area contributed by atoms with Crippen LogP contribution in [0.2, 0.25) is 0 Å². The Morgan fingerprint density at radius 1 is 1.00 bits per heavy atom. The fourth-order valence-corrected chi connectivity index (χ4v) is 4.85. The van der Waals surface area contributed by atoms with E-state index in [1.807, 2.05) is 36.4 Å². The molecule has 0 saturated carbocycles. The van der Waals surface area contributed by atoms with Crippen LogP contribution in [0.1, 0.15) is 50.3 Å². The van der Waals surface area contributed by atoms with E-state index in [0.29, 0.717) is 24.2 Å². The average Bonchev–Trinajstić information content (AvgIpc) is 3.43. The largest absolute Gasteiger partial charge is 0.501 e. The molecule has 9 nitrogen and oxygen atoms in total. The van der Waals surface area contributed by atoms with Crippen LogP contribution in [-0.4, -0.2) is 44.0 Å². The third-order valence-corrected chi connectivity index (χ3v) is 7.05. The second kappa shape index (κ2) is 12.1. The van der Waals surface area contributed by atoms with Gasteiger partial charge in [-0.2, -0.15) is 0 Å². The fraction of sp³-hybridized carbons (Fsp3) is 0.226. The molecule has 2 N–H and O–H groups in total. The van der Waals surface area contributed by atoms with E-state index in [1.54, 1.807) is 29.2 Å². The zero-order valence-electron chi connectivity index (χ0n) is 22.4. The van der Waals surface area contributed by atoms with Gasteiger partial charge in [0.25, 0.3) is 17.4 Å². The van der Waals surface area contributed by atoms with Gasteiger partial charge in [0, 0.05) is 32.1 Å². The van der Waals surface area contributed by atoms with Crippen molar-refractivity contribution in [2.24, 2.45) is 7.05 Å². The number of hydrogen-bond acceptors (Lipinski definition) is 6. The summed E-state index contributed by atoms with van der Waals surface area (Å²) in [5, 5.41) is 13.2. The molecule has 0 aliphatic carbocycles. The van der Waals surface area contributed by atoms with Crippen LogP contribution in [-0.2, 0) is 24.9 Å². The molecular formula is C31H29FN4O5. The quantitative estimate of drug-likeness (QED) is 0.342. The summed E-state index contributed by atoms with van der Waals surface area (Å²) in [7, 11) is 1.44. The number of nitrogens with zero attached hydrogens (tertiary/aromatic N) is 3. The fourth-order valence-electron chi connectivity index (χ4n) is 4.85. The first-order valence-corrected chi connectivity index (χ1v) is 13.2. The van der Waals surface area contributed by atoms with Crippen LogP contribution in [0.15, 0.2) is 89.7 Å². The van der Waals surface area contributed by atoms with Gasteiger partial charge in [-0.3, -0.25) is 19.0 Å². The summed E-state index contributed by atoms with van der Waals surface area (Å²) in [6, 6.07) is 23.2. The summed E-state index contributed by atoms with van der Waals surface area (Å²) in [5.74, 6) is -2.11. The lowest BCUT2D eigenvalue weighted by Gasteiger charge is -2.25. The molecule has 5 rings (SSSR count). The SMILES string of the molecule is Cn1c([C@@H]2C[C@@H](OCc3ccccc3)CN2C(=O)c2ccccc2)nc(C(=O)NCc2ccc(F)cc2)c(O)c1=O. The molecule has 0 radical (unpaired) electrons. The first-order chi connectivity index (χ1) is 19.8. The minimum atomic E-state index is -0.817. The number of carbonyl (C=O) groups is 2. The van der Waals surface area contributed by atoms with Gasteiger partial charge in [0.1, 0.15) is 11.6 Å². The maximum Gasteiger partial charge on any atom is 0.296 e. The highest BCUT2D eigenvalue weighted by Crippen LogP contribution is 2.34. The molecule has 1 fully saturated rings. The Labute approximate surface area is 235 Å². The van der Waals surface area contributed by atoms with Crippen LogP contribution < -0.4 is 10.9 Å². The van der Waals surface area contributed by atoms with Gasteiger partial charge in [0.15, 0.2) is 5.69 Å². The van der Waals surface area contributed by atoms with E-state index in [2.05, 4.69) is 10.3 Å². The minimum absolute atomic E-state index is 0.0300. The van der Waals surface area contributed by atoms with Crippen LogP contribution in [0.25, 0.3) is 0 Å². The molecule has 2 atom stereocenters. The van der Waals surface area contributed by atoms with Crippen molar-refractivity contribution in [3.63, 3.8) is 0 Å². The van der Waals surface area contributed by atoms with Crippen LogP contribution in [0.3, 0.4) is 0 Å². The van der Waals surface area contributed by atoms with Gasteiger partial charge >= 0.3 is 0 Å². The zero-order valence-corrected chi connectivity index (χ0v) is 22.4. The number of aromatic hydroxyl groups is 1. The smallest absolute Gasteiger partial charge is 0.296 e. The average molecular weight is 557 g/mol. The van der Waals surface area contributed by atoms with Crippen LogP contribution in [0.4, 0.5) is 4.39 Å². The van der Waals surface area contributed by atoms with Crippen molar-refractivity contribution in [2.45, 2.75) is 31.7 Å². The summed E-state index contributed by atoms with van der Waals surface area (Å²) in [6.45, 7) is 0.612. The number of nitrogens with one attached hydrogen (secondary N) is 1. The van der Waals surface area contributed by atoms with E-state index in [4.69, 9.17) is 4.74 Å². The number of carbonyl (C=O) groups excluding carboxylic acids is 2. The molecule has 3 aromatic carbocycles. The van der Waals surface area contributed by atoms with Crippen molar-refractivity contribution in [3.8, 4) is 5.75 Å². The van der Waals surface area contributed by atoms with E-state index in [9.17, 15) is 23.9 Å². The molecule has 2 heterocycles. The van der Waals surface area contributed by atoms with Crippen LogP contribution in [0.5, 0.6) is 5.75 Å². The van der Waals surface area contributed by atoms with Gasteiger partial charge in [-0.15, -0.1) is 0 Å². The number of halogens is 1. The summed E-state index contributed by atoms with van der Waals surface area (Å²) in [6.07, 6.45) is -0.0399. The van der Waals surface area contributed by atoms with Crippen molar-refractivity contribution >= 4 is 11.8 Å². The standard InChI is InChI=1S/C31H29FN4O5/c1-35-28(34-26(27(37)31(35)40)29(38)33-17-20-12-14-23(32)15-13-20)25-16-24(41-19-21-8-4-2-5-9-21)18-36(25)30(39)22-10-6-3-7-11-22/h2-15,24-25,37H,16-19H2,1H3,(H,33,38)/t24-,25+/m1/s1. The molecule has 1 aliphatic rings. The normalized spacial score (nSPS) is 16.5. The molecule has 1 aliphatic heterocycles. The molecule has 1 saturated heterocycles. The highest BCUT2D eigenvalue weighted by Gasteiger charge is 2.40. The van der Waals surface area contributed by atoms with E-state index < -0.39 is 34.8 Å². The molecule has 210 valence electrons. The molecule has 2 amide bonds. The predicted octanol–water partition coefficient (Wildman–Crippen LogP) is 3.73. The van der Waals surface area contributed by atoms with E-state index in [0.717, 1.165) is 10.1 Å². The molecule has 0 bridgehead atoms. The lowest BCUT2D eigenvalue weighted by Crippen LogP contribution is -2.36. The van der Waals surface area contributed by atoms with E-state index in [1.165, 1.54) is 31.3 Å². The lowest BCUT2D eigenvalue weighted by molar-refractivity contribution is 0.0437. The molecule has 4 aromatic rings. The van der Waals surface area contributed by atoms with E-state index >= 15 is 0 Å². The van der Waals surface area contributed by atoms with Crippen molar-refractivity contribution in [1.82, 2.24) is 19.8 Å². The Balaban J connectivity index is 1.44. The van der Waals surface area contributed by atoms with Crippen LogP contribution in [0, 0.1) is 5.82 Å². The summed E-state index contributed by atoms with van der Waals surface area (Å²) >= 11 is 0. The van der Waals surface area contributed by atoms with Gasteiger partial charge in [0.05, 0.1) is 18.8 Å².